The summed E-state index contributed by atoms with van der Waals surface area (Å²) in [4.78, 5) is 12.3. The van der Waals surface area contributed by atoms with Gasteiger partial charge in [-0.25, -0.2) is 0 Å². The summed E-state index contributed by atoms with van der Waals surface area (Å²) in [5.41, 5.74) is 4.62. The van der Waals surface area contributed by atoms with Gasteiger partial charge in [0.25, 0.3) is 5.91 Å². The smallest absolute Gasteiger partial charge is 0.267 e. The Kier molecular flexibility index (Phi) is 6.16. The van der Waals surface area contributed by atoms with Crippen molar-refractivity contribution in [1.29, 1.82) is 5.26 Å². The van der Waals surface area contributed by atoms with Crippen LogP contribution in [-0.4, -0.2) is 5.91 Å². The number of fused-ring (bicyclic) bond motifs is 1. The lowest BCUT2D eigenvalue weighted by Gasteiger charge is -2.19. The maximum atomic E-state index is 12.3. The number of carbonyl (C=O) groups excluding carboxylic acids is 1. The number of carbonyl (C=O) groups is 1. The molecule has 2 aromatic rings. The van der Waals surface area contributed by atoms with Gasteiger partial charge in [0.2, 0.25) is 0 Å². The van der Waals surface area contributed by atoms with E-state index in [0.29, 0.717) is 10.7 Å². The number of halogens is 1. The molecule has 138 valence electrons. The summed E-state index contributed by atoms with van der Waals surface area (Å²) in [6.07, 6.45) is 6.26. The van der Waals surface area contributed by atoms with Crippen LogP contribution in [0.25, 0.3) is 0 Å². The molecule has 1 unspecified atom stereocenters. The third-order valence-corrected chi connectivity index (χ3v) is 5.07. The lowest BCUT2D eigenvalue weighted by atomic mass is 9.89. The average molecular weight is 380 g/mol. The molecule has 4 nitrogen and oxygen atoms in total. The van der Waals surface area contributed by atoms with Crippen molar-refractivity contribution in [3.05, 3.63) is 76.0 Å². The number of nitrogens with one attached hydrogen (secondary N) is 2. The highest BCUT2D eigenvalue weighted by molar-refractivity contribution is 6.30. The van der Waals surface area contributed by atoms with Crippen LogP contribution in [0.5, 0.6) is 0 Å². The van der Waals surface area contributed by atoms with Crippen LogP contribution in [0.1, 0.15) is 42.5 Å². The van der Waals surface area contributed by atoms with Crippen LogP contribution in [0.3, 0.4) is 0 Å². The summed E-state index contributed by atoms with van der Waals surface area (Å²) >= 11 is 5.84. The second-order valence-electron chi connectivity index (χ2n) is 6.75. The fourth-order valence-electron chi connectivity index (χ4n) is 3.21. The molecule has 27 heavy (non-hydrogen) atoms. The first-order valence-electron chi connectivity index (χ1n) is 9.12. The number of nitrogens with zero attached hydrogens (tertiary/aromatic N) is 1. The Morgan fingerprint density at radius 3 is 2.56 bits per heavy atom. The monoisotopic (exact) mass is 379 g/mol. The second-order valence-corrected chi connectivity index (χ2v) is 7.19. The lowest BCUT2D eigenvalue weighted by Crippen LogP contribution is -2.19. The van der Waals surface area contributed by atoms with E-state index in [1.807, 2.05) is 13.0 Å². The van der Waals surface area contributed by atoms with E-state index in [1.54, 1.807) is 24.3 Å². The Morgan fingerprint density at radius 2 is 1.85 bits per heavy atom. The Bertz CT molecular complexity index is 897. The highest BCUT2D eigenvalue weighted by atomic mass is 35.5. The molecule has 1 atom stereocenters. The van der Waals surface area contributed by atoms with Crippen LogP contribution in [-0.2, 0) is 17.6 Å². The average Bonchev–Trinajstić information content (AvgIpc) is 2.69. The molecule has 0 saturated heterocycles. The van der Waals surface area contributed by atoms with Gasteiger partial charge in [-0.15, -0.1) is 0 Å². The largest absolute Gasteiger partial charge is 0.383 e. The van der Waals surface area contributed by atoms with Gasteiger partial charge in [0.05, 0.1) is 0 Å². The lowest BCUT2D eigenvalue weighted by molar-refractivity contribution is -0.112. The van der Waals surface area contributed by atoms with Crippen molar-refractivity contribution in [2.75, 3.05) is 5.32 Å². The summed E-state index contributed by atoms with van der Waals surface area (Å²) in [6.45, 7) is 2.02. The number of benzene rings is 2. The van der Waals surface area contributed by atoms with Crippen LogP contribution in [0.4, 0.5) is 5.69 Å². The summed E-state index contributed by atoms with van der Waals surface area (Å²) in [5.74, 6) is -0.454. The first-order chi connectivity index (χ1) is 13.1. The molecule has 0 spiro atoms. The van der Waals surface area contributed by atoms with Gasteiger partial charge in [0, 0.05) is 23.0 Å². The fourth-order valence-corrected chi connectivity index (χ4v) is 3.33. The zero-order valence-electron chi connectivity index (χ0n) is 15.3. The van der Waals surface area contributed by atoms with Crippen LogP contribution in [0, 0.1) is 11.3 Å². The molecule has 5 heteroatoms. The van der Waals surface area contributed by atoms with Crippen molar-refractivity contribution in [3.8, 4) is 6.07 Å². The first kappa shape index (κ1) is 19.0. The number of hydrogen-bond donors (Lipinski definition) is 2. The number of aryl methyl sites for hydroxylation is 2. The molecule has 0 radical (unpaired) electrons. The van der Waals surface area contributed by atoms with Gasteiger partial charge < -0.3 is 10.6 Å². The molecular weight excluding hydrogens is 358 g/mol. The summed E-state index contributed by atoms with van der Waals surface area (Å²) in [7, 11) is 0. The number of hydrogen-bond acceptors (Lipinski definition) is 3. The molecule has 1 amide bonds. The van der Waals surface area contributed by atoms with E-state index in [9.17, 15) is 10.1 Å². The second kappa shape index (κ2) is 8.75. The molecule has 1 aliphatic carbocycles. The molecule has 2 N–H and O–H groups in total. The number of nitriles is 1. The van der Waals surface area contributed by atoms with Gasteiger partial charge in [0.15, 0.2) is 0 Å². The Morgan fingerprint density at radius 1 is 1.15 bits per heavy atom. The Balaban J connectivity index is 1.66. The summed E-state index contributed by atoms with van der Waals surface area (Å²) in [6, 6.07) is 15.3. The third kappa shape index (κ3) is 4.90. The van der Waals surface area contributed by atoms with Crippen molar-refractivity contribution >= 4 is 23.2 Å². The van der Waals surface area contributed by atoms with Crippen LogP contribution in [0.2, 0.25) is 5.02 Å². The van der Waals surface area contributed by atoms with E-state index in [-0.39, 0.29) is 11.6 Å². The molecule has 0 aromatic heterocycles. The highest BCUT2D eigenvalue weighted by Crippen LogP contribution is 2.24. The predicted molar refractivity (Wildman–Crippen MR) is 108 cm³/mol. The molecule has 1 aliphatic rings. The van der Waals surface area contributed by atoms with Crippen molar-refractivity contribution in [2.24, 2.45) is 0 Å². The third-order valence-electron chi connectivity index (χ3n) is 4.82. The Hall–Kier alpha value is -2.77. The first-order valence-corrected chi connectivity index (χ1v) is 9.49. The van der Waals surface area contributed by atoms with Gasteiger partial charge in [-0.1, -0.05) is 29.8 Å². The van der Waals surface area contributed by atoms with E-state index in [1.165, 1.54) is 30.2 Å². The SMILES string of the molecule is CC(N/C=C(/C#N)C(=O)Nc1ccc(Cl)cc1)c1ccc2c(c1)CCCC2. The van der Waals surface area contributed by atoms with Crippen molar-refractivity contribution in [3.63, 3.8) is 0 Å². The normalized spacial score (nSPS) is 14.6. The van der Waals surface area contributed by atoms with Gasteiger partial charge >= 0.3 is 0 Å². The quantitative estimate of drug-likeness (QED) is 0.572. The van der Waals surface area contributed by atoms with Crippen molar-refractivity contribution in [1.82, 2.24) is 5.32 Å². The van der Waals surface area contributed by atoms with Gasteiger partial charge in [-0.05, 0) is 73.6 Å². The number of anilines is 1. The van der Waals surface area contributed by atoms with Gasteiger partial charge in [-0.3, -0.25) is 4.79 Å². The molecular formula is C22H22ClN3O. The van der Waals surface area contributed by atoms with Gasteiger partial charge in [0.1, 0.15) is 11.6 Å². The zero-order valence-corrected chi connectivity index (χ0v) is 16.0. The van der Waals surface area contributed by atoms with E-state index in [0.717, 1.165) is 18.4 Å². The minimum absolute atomic E-state index is 0.00362. The van der Waals surface area contributed by atoms with E-state index >= 15 is 0 Å². The van der Waals surface area contributed by atoms with Crippen LogP contribution < -0.4 is 10.6 Å². The highest BCUT2D eigenvalue weighted by Gasteiger charge is 2.13. The zero-order chi connectivity index (χ0) is 19.2. The van der Waals surface area contributed by atoms with E-state index in [2.05, 4.69) is 28.8 Å². The Labute approximate surface area is 164 Å². The van der Waals surface area contributed by atoms with Crippen molar-refractivity contribution < 1.29 is 4.79 Å². The van der Waals surface area contributed by atoms with Gasteiger partial charge in [-0.2, -0.15) is 5.26 Å². The molecule has 0 bridgehead atoms. The molecule has 0 saturated carbocycles. The van der Waals surface area contributed by atoms with Crippen LogP contribution >= 0.6 is 11.6 Å². The molecule has 3 rings (SSSR count). The predicted octanol–water partition coefficient (Wildman–Crippen LogP) is 4.92. The summed E-state index contributed by atoms with van der Waals surface area (Å²) < 4.78 is 0. The summed E-state index contributed by atoms with van der Waals surface area (Å²) in [5, 5.41) is 15.8. The van der Waals surface area contributed by atoms with E-state index < -0.39 is 5.91 Å². The number of amides is 1. The standard InChI is InChI=1S/C22H22ClN3O/c1-15(17-7-6-16-4-2-3-5-18(16)12-17)25-14-19(13-24)22(27)26-21-10-8-20(23)9-11-21/h6-12,14-15,25H,2-5H2,1H3,(H,26,27)/b19-14-. The fraction of sp³-hybridized carbons (Fsp3) is 0.273. The van der Waals surface area contributed by atoms with E-state index in [4.69, 9.17) is 11.6 Å². The minimum Gasteiger partial charge on any atom is -0.383 e. The molecule has 0 heterocycles. The maximum Gasteiger partial charge on any atom is 0.267 e. The minimum atomic E-state index is -0.454. The molecule has 0 fully saturated rings. The van der Waals surface area contributed by atoms with Crippen molar-refractivity contribution in [2.45, 2.75) is 38.6 Å². The topological polar surface area (TPSA) is 64.9 Å². The maximum absolute atomic E-state index is 12.3. The number of rotatable bonds is 5. The molecule has 2 aromatic carbocycles. The molecule has 0 aliphatic heterocycles. The van der Waals surface area contributed by atoms with Crippen LogP contribution in [0.15, 0.2) is 54.2 Å².